The van der Waals surface area contributed by atoms with Gasteiger partial charge >= 0.3 is 5.97 Å². The van der Waals surface area contributed by atoms with Crippen LogP contribution in [0.3, 0.4) is 0 Å². The summed E-state index contributed by atoms with van der Waals surface area (Å²) in [6.07, 6.45) is 3.35. The van der Waals surface area contributed by atoms with Crippen molar-refractivity contribution in [1.82, 2.24) is 0 Å². The van der Waals surface area contributed by atoms with Crippen LogP contribution in [0.1, 0.15) is 43.5 Å². The van der Waals surface area contributed by atoms with Gasteiger partial charge in [-0.15, -0.1) is 0 Å². The molecule has 0 aromatic heterocycles. The predicted molar refractivity (Wildman–Crippen MR) is 77.6 cm³/mol. The summed E-state index contributed by atoms with van der Waals surface area (Å²) in [6.45, 7) is 5.26. The van der Waals surface area contributed by atoms with Gasteiger partial charge in [0.1, 0.15) is 0 Å². The Balaban J connectivity index is 2.29. The minimum Gasteiger partial charge on any atom is -0.478 e. The van der Waals surface area contributed by atoms with Crippen LogP contribution in [0.25, 0.3) is 0 Å². The maximum atomic E-state index is 11.4. The van der Waals surface area contributed by atoms with Gasteiger partial charge in [-0.05, 0) is 43.4 Å². The molecular weight excluding hydrogens is 240 g/mol. The third-order valence-electron chi connectivity index (χ3n) is 3.50. The second-order valence-corrected chi connectivity index (χ2v) is 5.69. The molecule has 1 aromatic carbocycles. The van der Waals surface area contributed by atoms with E-state index in [9.17, 15) is 9.90 Å². The fourth-order valence-corrected chi connectivity index (χ4v) is 2.25. The molecular formula is C15H22N2O2. The Morgan fingerprint density at radius 1 is 1.47 bits per heavy atom. The number of nitrogens with two attached hydrogens (primary N) is 1. The average molecular weight is 262 g/mol. The van der Waals surface area contributed by atoms with Crippen LogP contribution in [0.2, 0.25) is 0 Å². The number of nitrogens with zero attached hydrogens (tertiary/aromatic N) is 1. The Morgan fingerprint density at radius 2 is 2.16 bits per heavy atom. The number of rotatable bonds is 6. The van der Waals surface area contributed by atoms with Crippen molar-refractivity contribution in [2.45, 2.75) is 39.2 Å². The quantitative estimate of drug-likeness (QED) is 0.773. The van der Waals surface area contributed by atoms with Crippen LogP contribution in [0.5, 0.6) is 0 Å². The Morgan fingerprint density at radius 3 is 2.68 bits per heavy atom. The Kier molecular flexibility index (Phi) is 3.98. The van der Waals surface area contributed by atoms with E-state index in [1.807, 2.05) is 0 Å². The van der Waals surface area contributed by atoms with Crippen molar-refractivity contribution >= 4 is 17.3 Å². The largest absolute Gasteiger partial charge is 0.478 e. The molecule has 0 radical (unpaired) electrons. The molecule has 4 heteroatoms. The van der Waals surface area contributed by atoms with Gasteiger partial charge in [0.05, 0.1) is 11.3 Å². The van der Waals surface area contributed by atoms with Crippen molar-refractivity contribution in [3.05, 3.63) is 23.8 Å². The normalized spacial score (nSPS) is 14.7. The molecule has 104 valence electrons. The molecule has 0 amide bonds. The van der Waals surface area contributed by atoms with Gasteiger partial charge in [0.15, 0.2) is 0 Å². The van der Waals surface area contributed by atoms with Crippen LogP contribution in [-0.2, 0) is 0 Å². The predicted octanol–water partition coefficient (Wildman–Crippen LogP) is 2.98. The molecule has 1 fully saturated rings. The third kappa shape index (κ3) is 3.40. The van der Waals surface area contributed by atoms with Crippen molar-refractivity contribution in [1.29, 1.82) is 0 Å². The SMILES string of the molecule is CC(C)CCN(c1cc(N)ccc1C(=O)O)C1CC1. The van der Waals surface area contributed by atoms with Gasteiger partial charge in [-0.1, -0.05) is 13.8 Å². The summed E-state index contributed by atoms with van der Waals surface area (Å²) in [5.41, 5.74) is 7.57. The van der Waals surface area contributed by atoms with Gasteiger partial charge in [0.25, 0.3) is 0 Å². The van der Waals surface area contributed by atoms with E-state index in [0.717, 1.165) is 31.5 Å². The minimum atomic E-state index is -0.884. The first-order valence-electron chi connectivity index (χ1n) is 6.88. The molecule has 0 atom stereocenters. The molecule has 1 aromatic rings. The molecule has 0 unspecified atom stereocenters. The summed E-state index contributed by atoms with van der Waals surface area (Å²) in [5.74, 6) is -0.277. The summed E-state index contributed by atoms with van der Waals surface area (Å²) in [5, 5.41) is 9.32. The summed E-state index contributed by atoms with van der Waals surface area (Å²) in [7, 11) is 0. The van der Waals surface area contributed by atoms with Crippen LogP contribution in [0.4, 0.5) is 11.4 Å². The number of carboxylic acid groups (broad SMARTS) is 1. The fraction of sp³-hybridized carbons (Fsp3) is 0.533. The van der Waals surface area contributed by atoms with Gasteiger partial charge < -0.3 is 15.7 Å². The zero-order valence-corrected chi connectivity index (χ0v) is 11.6. The molecule has 0 bridgehead atoms. The van der Waals surface area contributed by atoms with E-state index in [1.54, 1.807) is 18.2 Å². The molecule has 1 aliphatic carbocycles. The van der Waals surface area contributed by atoms with Crippen molar-refractivity contribution in [3.63, 3.8) is 0 Å². The van der Waals surface area contributed by atoms with Gasteiger partial charge in [-0.2, -0.15) is 0 Å². The van der Waals surface area contributed by atoms with E-state index in [2.05, 4.69) is 18.7 Å². The lowest BCUT2D eigenvalue weighted by Crippen LogP contribution is -2.29. The Labute approximate surface area is 114 Å². The highest BCUT2D eigenvalue weighted by molar-refractivity contribution is 5.95. The summed E-state index contributed by atoms with van der Waals surface area (Å²) < 4.78 is 0. The van der Waals surface area contributed by atoms with E-state index in [1.165, 1.54) is 0 Å². The van der Waals surface area contributed by atoms with Gasteiger partial charge in [0.2, 0.25) is 0 Å². The first-order chi connectivity index (χ1) is 8.99. The van der Waals surface area contributed by atoms with E-state index in [0.29, 0.717) is 23.2 Å². The monoisotopic (exact) mass is 262 g/mol. The van der Waals surface area contributed by atoms with Crippen molar-refractivity contribution < 1.29 is 9.90 Å². The van der Waals surface area contributed by atoms with Crippen molar-refractivity contribution in [2.75, 3.05) is 17.2 Å². The van der Waals surface area contributed by atoms with Crippen LogP contribution in [0.15, 0.2) is 18.2 Å². The lowest BCUT2D eigenvalue weighted by molar-refractivity contribution is 0.0697. The summed E-state index contributed by atoms with van der Waals surface area (Å²) >= 11 is 0. The Hall–Kier alpha value is -1.71. The molecule has 1 aliphatic rings. The molecule has 0 spiro atoms. The molecule has 3 N–H and O–H groups in total. The van der Waals surface area contributed by atoms with E-state index in [4.69, 9.17) is 5.73 Å². The highest BCUT2D eigenvalue weighted by atomic mass is 16.4. The molecule has 0 heterocycles. The van der Waals surface area contributed by atoms with Crippen LogP contribution < -0.4 is 10.6 Å². The second-order valence-electron chi connectivity index (χ2n) is 5.69. The number of hydrogen-bond donors (Lipinski definition) is 2. The average Bonchev–Trinajstić information content (AvgIpc) is 3.13. The number of hydrogen-bond acceptors (Lipinski definition) is 3. The maximum Gasteiger partial charge on any atom is 0.337 e. The van der Waals surface area contributed by atoms with E-state index < -0.39 is 5.97 Å². The fourth-order valence-electron chi connectivity index (χ4n) is 2.25. The number of carboxylic acids is 1. The van der Waals surface area contributed by atoms with Gasteiger partial charge in [-0.25, -0.2) is 4.79 Å². The van der Waals surface area contributed by atoms with Gasteiger partial charge in [0, 0.05) is 18.3 Å². The zero-order valence-electron chi connectivity index (χ0n) is 11.6. The number of carbonyl (C=O) groups is 1. The van der Waals surface area contributed by atoms with Crippen molar-refractivity contribution in [2.24, 2.45) is 5.92 Å². The summed E-state index contributed by atoms with van der Waals surface area (Å²) in [4.78, 5) is 13.6. The summed E-state index contributed by atoms with van der Waals surface area (Å²) in [6, 6.07) is 5.54. The number of anilines is 2. The molecule has 19 heavy (non-hydrogen) atoms. The third-order valence-corrected chi connectivity index (χ3v) is 3.50. The van der Waals surface area contributed by atoms with Crippen LogP contribution >= 0.6 is 0 Å². The highest BCUT2D eigenvalue weighted by Gasteiger charge is 2.31. The number of benzene rings is 1. The van der Waals surface area contributed by atoms with E-state index in [-0.39, 0.29) is 0 Å². The molecule has 4 nitrogen and oxygen atoms in total. The highest BCUT2D eigenvalue weighted by Crippen LogP contribution is 2.35. The number of nitrogen functional groups attached to an aromatic ring is 1. The zero-order chi connectivity index (χ0) is 14.0. The first-order valence-corrected chi connectivity index (χ1v) is 6.88. The topological polar surface area (TPSA) is 66.6 Å². The number of aromatic carboxylic acids is 1. The first kappa shape index (κ1) is 13.7. The van der Waals surface area contributed by atoms with Crippen LogP contribution in [0, 0.1) is 5.92 Å². The minimum absolute atomic E-state index is 0.352. The lowest BCUT2D eigenvalue weighted by atomic mass is 10.1. The molecule has 2 rings (SSSR count). The molecule has 1 saturated carbocycles. The maximum absolute atomic E-state index is 11.4. The molecule has 0 aliphatic heterocycles. The lowest BCUT2D eigenvalue weighted by Gasteiger charge is -2.27. The standard InChI is InChI=1S/C15H22N2O2/c1-10(2)7-8-17(12-4-5-12)14-9-11(16)3-6-13(14)15(18)19/h3,6,9-10,12H,4-5,7-8,16H2,1-2H3,(H,18,19). The van der Waals surface area contributed by atoms with Gasteiger partial charge in [-0.3, -0.25) is 0 Å². The Bertz CT molecular complexity index is 467. The van der Waals surface area contributed by atoms with E-state index >= 15 is 0 Å². The van der Waals surface area contributed by atoms with Crippen LogP contribution in [-0.4, -0.2) is 23.7 Å². The van der Waals surface area contributed by atoms with Crippen molar-refractivity contribution in [3.8, 4) is 0 Å². The molecule has 0 saturated heterocycles. The second kappa shape index (κ2) is 5.51. The smallest absolute Gasteiger partial charge is 0.337 e.